The van der Waals surface area contributed by atoms with E-state index >= 15 is 0 Å². The molecule has 1 aliphatic carbocycles. The molecule has 0 N–H and O–H groups in total. The first-order valence-corrected chi connectivity index (χ1v) is 9.79. The van der Waals surface area contributed by atoms with Crippen LogP contribution in [0.1, 0.15) is 47.5 Å². The number of nitrogens with zero attached hydrogens (tertiary/aromatic N) is 4. The SMILES string of the molecule is Cc1cc2nc(C)c(CCC(=O)N(Cc3ccccc3F)C3CC3)c(C)n2n1. The van der Waals surface area contributed by atoms with Crippen molar-refractivity contribution < 1.29 is 9.18 Å². The van der Waals surface area contributed by atoms with Crippen LogP contribution >= 0.6 is 0 Å². The highest BCUT2D eigenvalue weighted by Crippen LogP contribution is 2.30. The molecule has 6 heteroatoms. The number of aromatic nitrogens is 3. The maximum Gasteiger partial charge on any atom is 0.223 e. The predicted molar refractivity (Wildman–Crippen MR) is 105 cm³/mol. The molecule has 1 aromatic carbocycles. The van der Waals surface area contributed by atoms with Crippen LogP contribution in [0.15, 0.2) is 30.3 Å². The molecule has 5 nitrogen and oxygen atoms in total. The van der Waals surface area contributed by atoms with E-state index in [1.54, 1.807) is 12.1 Å². The Balaban J connectivity index is 1.51. The lowest BCUT2D eigenvalue weighted by molar-refractivity contribution is -0.132. The van der Waals surface area contributed by atoms with Crippen LogP contribution in [-0.4, -0.2) is 31.4 Å². The third-order valence-electron chi connectivity index (χ3n) is 5.48. The van der Waals surface area contributed by atoms with Crippen LogP contribution < -0.4 is 0 Å². The lowest BCUT2D eigenvalue weighted by Crippen LogP contribution is -2.33. The Bertz CT molecular complexity index is 1040. The molecule has 1 fully saturated rings. The Morgan fingerprint density at radius 1 is 1.25 bits per heavy atom. The Kier molecular flexibility index (Phi) is 4.87. The number of fused-ring (bicyclic) bond motifs is 1. The maximum atomic E-state index is 14.0. The molecule has 0 radical (unpaired) electrons. The van der Waals surface area contributed by atoms with Gasteiger partial charge in [0.05, 0.1) is 5.69 Å². The second kappa shape index (κ2) is 7.34. The molecule has 2 aromatic heterocycles. The zero-order chi connectivity index (χ0) is 19.8. The van der Waals surface area contributed by atoms with Crippen LogP contribution in [-0.2, 0) is 17.8 Å². The quantitative estimate of drug-likeness (QED) is 0.651. The second-order valence-electron chi connectivity index (χ2n) is 7.66. The van der Waals surface area contributed by atoms with Crippen molar-refractivity contribution in [3.05, 3.63) is 64.4 Å². The molecule has 0 aliphatic heterocycles. The summed E-state index contributed by atoms with van der Waals surface area (Å²) in [4.78, 5) is 19.4. The van der Waals surface area contributed by atoms with Gasteiger partial charge < -0.3 is 4.90 Å². The van der Waals surface area contributed by atoms with E-state index in [0.29, 0.717) is 24.9 Å². The number of amides is 1. The van der Waals surface area contributed by atoms with Gasteiger partial charge in [0.15, 0.2) is 5.65 Å². The summed E-state index contributed by atoms with van der Waals surface area (Å²) in [5, 5.41) is 4.50. The van der Waals surface area contributed by atoms with E-state index in [1.807, 2.05) is 42.3 Å². The molecular weight excluding hydrogens is 355 g/mol. The van der Waals surface area contributed by atoms with Gasteiger partial charge in [0.2, 0.25) is 5.91 Å². The molecule has 3 aromatic rings. The Morgan fingerprint density at radius 2 is 2.00 bits per heavy atom. The molecule has 1 aliphatic rings. The summed E-state index contributed by atoms with van der Waals surface area (Å²) in [5.41, 5.74) is 5.35. The fourth-order valence-corrected chi connectivity index (χ4v) is 3.80. The van der Waals surface area contributed by atoms with Gasteiger partial charge in [-0.1, -0.05) is 18.2 Å². The van der Waals surface area contributed by atoms with Crippen LogP contribution in [0.25, 0.3) is 5.65 Å². The van der Waals surface area contributed by atoms with Gasteiger partial charge in [0.1, 0.15) is 5.82 Å². The minimum absolute atomic E-state index is 0.0706. The molecule has 146 valence electrons. The Labute approximate surface area is 164 Å². The average molecular weight is 380 g/mol. The van der Waals surface area contributed by atoms with E-state index in [9.17, 15) is 9.18 Å². The monoisotopic (exact) mass is 380 g/mol. The first-order valence-electron chi connectivity index (χ1n) is 9.79. The van der Waals surface area contributed by atoms with E-state index in [0.717, 1.165) is 41.1 Å². The standard InChI is InChI=1S/C22H25FN4O/c1-14-12-21-24-15(2)19(16(3)27(21)25-14)10-11-22(28)26(18-8-9-18)13-17-6-4-5-7-20(17)23/h4-7,12,18H,8-11,13H2,1-3H3. The smallest absolute Gasteiger partial charge is 0.223 e. The van der Waals surface area contributed by atoms with Crippen LogP contribution in [0.4, 0.5) is 4.39 Å². The first-order chi connectivity index (χ1) is 13.4. The van der Waals surface area contributed by atoms with Crippen molar-refractivity contribution in [1.29, 1.82) is 0 Å². The molecular formula is C22H25FN4O. The van der Waals surface area contributed by atoms with Gasteiger partial charge in [-0.2, -0.15) is 5.10 Å². The van der Waals surface area contributed by atoms with E-state index in [4.69, 9.17) is 0 Å². The summed E-state index contributed by atoms with van der Waals surface area (Å²) in [6.07, 6.45) is 3.00. The van der Waals surface area contributed by atoms with Crippen LogP contribution in [0.5, 0.6) is 0 Å². The van der Waals surface area contributed by atoms with Gasteiger partial charge in [-0.25, -0.2) is 13.9 Å². The number of aryl methyl sites for hydroxylation is 3. The summed E-state index contributed by atoms with van der Waals surface area (Å²) in [6.45, 7) is 6.28. The van der Waals surface area contributed by atoms with Crippen LogP contribution in [0, 0.1) is 26.6 Å². The van der Waals surface area contributed by atoms with Gasteiger partial charge in [0, 0.05) is 42.0 Å². The van der Waals surface area contributed by atoms with Crippen molar-refractivity contribution in [3.8, 4) is 0 Å². The highest BCUT2D eigenvalue weighted by molar-refractivity contribution is 5.77. The maximum absolute atomic E-state index is 14.0. The summed E-state index contributed by atoms with van der Waals surface area (Å²) < 4.78 is 15.9. The zero-order valence-electron chi connectivity index (χ0n) is 16.6. The molecule has 0 bridgehead atoms. The highest BCUT2D eigenvalue weighted by Gasteiger charge is 2.32. The predicted octanol–water partition coefficient (Wildman–Crippen LogP) is 3.92. The number of benzene rings is 1. The minimum Gasteiger partial charge on any atom is -0.335 e. The second-order valence-corrected chi connectivity index (χ2v) is 7.66. The Hall–Kier alpha value is -2.76. The molecule has 1 saturated carbocycles. The van der Waals surface area contributed by atoms with Gasteiger partial charge >= 0.3 is 0 Å². The lowest BCUT2D eigenvalue weighted by atomic mass is 10.1. The fourth-order valence-electron chi connectivity index (χ4n) is 3.80. The summed E-state index contributed by atoms with van der Waals surface area (Å²) in [6, 6.07) is 8.89. The van der Waals surface area contributed by atoms with Crippen LogP contribution in [0.3, 0.4) is 0 Å². The third kappa shape index (κ3) is 3.63. The molecule has 1 amide bonds. The van der Waals surface area contributed by atoms with Crippen LogP contribution in [0.2, 0.25) is 0 Å². The normalized spacial score (nSPS) is 13.9. The molecule has 0 saturated heterocycles. The van der Waals surface area contributed by atoms with Crippen molar-refractivity contribution in [3.63, 3.8) is 0 Å². The van der Waals surface area contributed by atoms with Gasteiger partial charge in [-0.05, 0) is 51.7 Å². The van der Waals surface area contributed by atoms with Crippen molar-refractivity contribution >= 4 is 11.6 Å². The van der Waals surface area contributed by atoms with Gasteiger partial charge in [0.25, 0.3) is 0 Å². The summed E-state index contributed by atoms with van der Waals surface area (Å²) in [7, 11) is 0. The summed E-state index contributed by atoms with van der Waals surface area (Å²) >= 11 is 0. The molecule has 2 heterocycles. The highest BCUT2D eigenvalue weighted by atomic mass is 19.1. The van der Waals surface area contributed by atoms with Crippen molar-refractivity contribution in [2.75, 3.05) is 0 Å². The number of hydrogen-bond acceptors (Lipinski definition) is 3. The van der Waals surface area contributed by atoms with E-state index in [-0.39, 0.29) is 17.8 Å². The first kappa shape index (κ1) is 18.6. The third-order valence-corrected chi connectivity index (χ3v) is 5.48. The number of carbonyl (C=O) groups is 1. The molecule has 0 atom stereocenters. The number of carbonyl (C=O) groups excluding carboxylic acids is 1. The van der Waals surface area contributed by atoms with Crippen molar-refractivity contribution in [1.82, 2.24) is 19.5 Å². The number of halogens is 1. The fraction of sp³-hybridized carbons (Fsp3) is 0.409. The molecule has 0 spiro atoms. The Morgan fingerprint density at radius 3 is 2.71 bits per heavy atom. The molecule has 4 rings (SSSR count). The van der Waals surface area contributed by atoms with E-state index in [2.05, 4.69) is 10.1 Å². The lowest BCUT2D eigenvalue weighted by Gasteiger charge is -2.23. The zero-order valence-corrected chi connectivity index (χ0v) is 16.6. The van der Waals surface area contributed by atoms with Crippen molar-refractivity contribution in [2.24, 2.45) is 0 Å². The van der Waals surface area contributed by atoms with E-state index < -0.39 is 0 Å². The average Bonchev–Trinajstić information content (AvgIpc) is 3.42. The van der Waals surface area contributed by atoms with Crippen molar-refractivity contribution in [2.45, 2.75) is 59.0 Å². The number of rotatable bonds is 6. The van der Waals surface area contributed by atoms with Gasteiger partial charge in [-0.15, -0.1) is 0 Å². The molecule has 0 unspecified atom stereocenters. The minimum atomic E-state index is -0.253. The molecule has 28 heavy (non-hydrogen) atoms. The number of hydrogen-bond donors (Lipinski definition) is 0. The van der Waals surface area contributed by atoms with E-state index in [1.165, 1.54) is 6.07 Å². The topological polar surface area (TPSA) is 50.5 Å². The largest absolute Gasteiger partial charge is 0.335 e. The van der Waals surface area contributed by atoms with Gasteiger partial charge in [-0.3, -0.25) is 4.79 Å². The summed E-state index contributed by atoms with van der Waals surface area (Å²) in [5.74, 6) is -0.183.